The predicted molar refractivity (Wildman–Crippen MR) is 114 cm³/mol. The van der Waals surface area contributed by atoms with Crippen LogP contribution < -0.4 is 10.6 Å². The van der Waals surface area contributed by atoms with Gasteiger partial charge in [-0.1, -0.05) is 12.8 Å². The lowest BCUT2D eigenvalue weighted by Crippen LogP contribution is -2.65. The topological polar surface area (TPSA) is 75.1 Å². The molecule has 2 saturated carbocycles. The number of hydrogen-bond donors (Lipinski definition) is 3. The van der Waals surface area contributed by atoms with Gasteiger partial charge in [0.05, 0.1) is 12.7 Å². The van der Waals surface area contributed by atoms with Crippen molar-refractivity contribution in [3.63, 3.8) is 0 Å². The third-order valence-electron chi connectivity index (χ3n) is 6.68. The summed E-state index contributed by atoms with van der Waals surface area (Å²) >= 11 is 0. The van der Waals surface area contributed by atoms with Gasteiger partial charge in [0.2, 0.25) is 0 Å². The zero-order chi connectivity index (χ0) is 17.8. The second-order valence-electron chi connectivity index (χ2n) is 8.02. The first-order valence-corrected chi connectivity index (χ1v) is 9.95. The van der Waals surface area contributed by atoms with Gasteiger partial charge in [-0.15, -0.1) is 24.0 Å². The summed E-state index contributed by atoms with van der Waals surface area (Å²) in [5.74, 6) is 0.871. The van der Waals surface area contributed by atoms with Crippen molar-refractivity contribution < 1.29 is 14.6 Å². The molecule has 1 saturated heterocycles. The maximum atomic E-state index is 9.38. The van der Waals surface area contributed by atoms with Gasteiger partial charge >= 0.3 is 0 Å². The van der Waals surface area contributed by atoms with Gasteiger partial charge in [0.25, 0.3) is 0 Å². The monoisotopic (exact) mass is 481 g/mol. The summed E-state index contributed by atoms with van der Waals surface area (Å²) in [6, 6.07) is 0.450. The first-order chi connectivity index (χ1) is 12.2. The van der Waals surface area contributed by atoms with Gasteiger partial charge in [-0.3, -0.25) is 4.99 Å². The number of nitrogens with zero attached hydrogens (tertiary/aromatic N) is 1. The van der Waals surface area contributed by atoms with E-state index >= 15 is 0 Å². The van der Waals surface area contributed by atoms with Crippen LogP contribution in [0.4, 0.5) is 0 Å². The summed E-state index contributed by atoms with van der Waals surface area (Å²) in [5, 5.41) is 16.5. The molecule has 152 valence electrons. The van der Waals surface area contributed by atoms with Gasteiger partial charge in [0.15, 0.2) is 5.96 Å². The zero-order valence-corrected chi connectivity index (χ0v) is 18.6. The minimum atomic E-state index is 0. The van der Waals surface area contributed by atoms with Gasteiger partial charge in [-0.25, -0.2) is 0 Å². The van der Waals surface area contributed by atoms with Crippen LogP contribution >= 0.6 is 24.0 Å². The van der Waals surface area contributed by atoms with Crippen LogP contribution in [0, 0.1) is 10.8 Å². The van der Waals surface area contributed by atoms with E-state index in [-0.39, 0.29) is 36.0 Å². The van der Waals surface area contributed by atoms with Crippen LogP contribution in [0.5, 0.6) is 0 Å². The molecule has 2 aliphatic carbocycles. The molecular weight excluding hydrogens is 445 g/mol. The fourth-order valence-electron chi connectivity index (χ4n) is 5.03. The second kappa shape index (κ2) is 9.89. The normalized spacial score (nSPS) is 33.0. The second-order valence-corrected chi connectivity index (χ2v) is 8.02. The van der Waals surface area contributed by atoms with Crippen LogP contribution in [0.2, 0.25) is 0 Å². The number of rotatable bonds is 7. The Morgan fingerprint density at radius 3 is 2.65 bits per heavy atom. The average Bonchev–Trinajstić information content (AvgIpc) is 3.28. The third kappa shape index (κ3) is 4.47. The van der Waals surface area contributed by atoms with E-state index in [0.717, 1.165) is 51.6 Å². The van der Waals surface area contributed by atoms with Crippen LogP contribution in [0.15, 0.2) is 4.99 Å². The Balaban J connectivity index is 0.00000243. The first kappa shape index (κ1) is 22.2. The van der Waals surface area contributed by atoms with E-state index in [1.54, 1.807) is 0 Å². The van der Waals surface area contributed by atoms with Crippen molar-refractivity contribution >= 4 is 29.9 Å². The maximum Gasteiger partial charge on any atom is 0.191 e. The van der Waals surface area contributed by atoms with Gasteiger partial charge in [0, 0.05) is 50.3 Å². The molecule has 3 fully saturated rings. The predicted octanol–water partition coefficient (Wildman–Crippen LogP) is 2.30. The van der Waals surface area contributed by atoms with Crippen molar-refractivity contribution in [1.82, 2.24) is 10.6 Å². The standard InChI is InChI=1S/C19H35N3O3.HI/c1-3-25-16-12-15(19(16)6-4-5-7-19)22-17(20-2)21-13-18(8-10-23)9-11-24-14-18;/h15-16,23H,3-14H2,1-2H3,(H2,20,21,22);1H. The van der Waals surface area contributed by atoms with Crippen LogP contribution in [0.25, 0.3) is 0 Å². The van der Waals surface area contributed by atoms with E-state index in [2.05, 4.69) is 22.5 Å². The molecule has 26 heavy (non-hydrogen) atoms. The van der Waals surface area contributed by atoms with Gasteiger partial charge in [-0.05, 0) is 39.0 Å². The highest BCUT2D eigenvalue weighted by atomic mass is 127. The highest BCUT2D eigenvalue weighted by Crippen LogP contribution is 2.54. The molecule has 1 aliphatic heterocycles. The molecule has 0 bridgehead atoms. The molecule has 0 aromatic carbocycles. The largest absolute Gasteiger partial charge is 0.396 e. The number of aliphatic hydroxyl groups excluding tert-OH is 1. The molecule has 0 radical (unpaired) electrons. The molecule has 0 aromatic heterocycles. The van der Waals surface area contributed by atoms with Crippen LogP contribution in [0.1, 0.15) is 51.9 Å². The lowest BCUT2D eigenvalue weighted by Gasteiger charge is -2.54. The third-order valence-corrected chi connectivity index (χ3v) is 6.68. The number of guanidine groups is 1. The van der Waals surface area contributed by atoms with Crippen LogP contribution in [-0.4, -0.2) is 63.2 Å². The molecule has 0 aromatic rings. The molecule has 3 aliphatic rings. The fraction of sp³-hybridized carbons (Fsp3) is 0.947. The fourth-order valence-corrected chi connectivity index (χ4v) is 5.03. The number of aliphatic hydroxyl groups is 1. The van der Waals surface area contributed by atoms with Crippen molar-refractivity contribution in [3.8, 4) is 0 Å². The van der Waals surface area contributed by atoms with Crippen LogP contribution in [-0.2, 0) is 9.47 Å². The van der Waals surface area contributed by atoms with Crippen molar-refractivity contribution in [2.75, 3.05) is 40.0 Å². The number of halogens is 1. The van der Waals surface area contributed by atoms with Gasteiger partial charge < -0.3 is 25.2 Å². The summed E-state index contributed by atoms with van der Waals surface area (Å²) in [7, 11) is 1.83. The Bertz CT molecular complexity index is 463. The van der Waals surface area contributed by atoms with Crippen molar-refractivity contribution in [1.29, 1.82) is 0 Å². The SMILES string of the molecule is CCOC1CC(NC(=NC)NCC2(CCO)CCOC2)C12CCCC2.I. The van der Waals surface area contributed by atoms with Crippen LogP contribution in [0.3, 0.4) is 0 Å². The summed E-state index contributed by atoms with van der Waals surface area (Å²) < 4.78 is 11.6. The Morgan fingerprint density at radius 2 is 2.08 bits per heavy atom. The van der Waals surface area contributed by atoms with E-state index in [1.807, 2.05) is 7.05 Å². The highest BCUT2D eigenvalue weighted by Gasteiger charge is 2.57. The van der Waals surface area contributed by atoms with Crippen molar-refractivity contribution in [3.05, 3.63) is 0 Å². The molecule has 1 heterocycles. The quantitative estimate of drug-likeness (QED) is 0.296. The Kier molecular flexibility index (Phi) is 8.43. The Labute approximate surface area is 174 Å². The lowest BCUT2D eigenvalue weighted by atomic mass is 9.60. The summed E-state index contributed by atoms with van der Waals surface area (Å²) in [5.41, 5.74) is 0.331. The first-order valence-electron chi connectivity index (χ1n) is 9.95. The summed E-state index contributed by atoms with van der Waals surface area (Å²) in [4.78, 5) is 4.44. The van der Waals surface area contributed by atoms with Gasteiger partial charge in [0.1, 0.15) is 0 Å². The molecule has 3 N–H and O–H groups in total. The van der Waals surface area contributed by atoms with E-state index in [0.29, 0.717) is 17.6 Å². The van der Waals surface area contributed by atoms with E-state index in [9.17, 15) is 5.11 Å². The number of nitrogens with one attached hydrogen (secondary N) is 2. The molecule has 0 amide bonds. The number of hydrogen-bond acceptors (Lipinski definition) is 4. The maximum absolute atomic E-state index is 9.38. The molecule has 6 nitrogen and oxygen atoms in total. The molecular formula is C19H36IN3O3. The van der Waals surface area contributed by atoms with E-state index < -0.39 is 0 Å². The zero-order valence-electron chi connectivity index (χ0n) is 16.3. The molecule has 3 atom stereocenters. The molecule has 3 rings (SSSR count). The minimum absolute atomic E-state index is 0. The highest BCUT2D eigenvalue weighted by molar-refractivity contribution is 14.0. The number of ether oxygens (including phenoxy) is 2. The summed E-state index contributed by atoms with van der Waals surface area (Å²) in [6.07, 6.45) is 8.38. The van der Waals surface area contributed by atoms with Crippen molar-refractivity contribution in [2.45, 2.75) is 64.0 Å². The smallest absolute Gasteiger partial charge is 0.191 e. The van der Waals surface area contributed by atoms with E-state index in [1.165, 1.54) is 25.7 Å². The lowest BCUT2D eigenvalue weighted by molar-refractivity contribution is -0.125. The Morgan fingerprint density at radius 1 is 1.31 bits per heavy atom. The minimum Gasteiger partial charge on any atom is -0.396 e. The molecule has 1 spiro atoms. The van der Waals surface area contributed by atoms with Gasteiger partial charge in [-0.2, -0.15) is 0 Å². The Hall–Kier alpha value is -0.120. The summed E-state index contributed by atoms with van der Waals surface area (Å²) in [6.45, 7) is 5.40. The van der Waals surface area contributed by atoms with E-state index in [4.69, 9.17) is 9.47 Å². The number of aliphatic imine (C=N–C) groups is 1. The molecule has 7 heteroatoms. The molecule has 3 unspecified atom stereocenters. The average molecular weight is 481 g/mol. The van der Waals surface area contributed by atoms with Crippen molar-refractivity contribution in [2.24, 2.45) is 15.8 Å².